The normalized spacial score (nSPS) is 10.5. The lowest BCUT2D eigenvalue weighted by Gasteiger charge is -2.09. The van der Waals surface area contributed by atoms with E-state index in [1.807, 2.05) is 0 Å². The van der Waals surface area contributed by atoms with Crippen LogP contribution in [-0.2, 0) is 5.88 Å². The van der Waals surface area contributed by atoms with Crippen molar-refractivity contribution in [2.75, 3.05) is 0 Å². The van der Waals surface area contributed by atoms with Gasteiger partial charge in [0.2, 0.25) is 5.75 Å². The standard InChI is InChI=1S/C13H7Br2ClFNO3/c14-9-3-8(2-1-7(9)6-16)21-13-5-11(17)10(15)4-12(13)18(19)20/h1-5H,6H2. The van der Waals surface area contributed by atoms with Gasteiger partial charge in [0, 0.05) is 22.5 Å². The van der Waals surface area contributed by atoms with Crippen LogP contribution in [0.5, 0.6) is 11.5 Å². The van der Waals surface area contributed by atoms with Crippen LogP contribution in [0.3, 0.4) is 0 Å². The zero-order valence-corrected chi connectivity index (χ0v) is 14.2. The minimum atomic E-state index is -0.646. The zero-order chi connectivity index (χ0) is 15.6. The molecule has 0 saturated carbocycles. The van der Waals surface area contributed by atoms with Gasteiger partial charge in [-0.25, -0.2) is 4.39 Å². The van der Waals surface area contributed by atoms with Crippen LogP contribution in [0.4, 0.5) is 10.1 Å². The third-order valence-electron chi connectivity index (χ3n) is 2.59. The fourth-order valence-corrected chi connectivity index (χ4v) is 2.79. The summed E-state index contributed by atoms with van der Waals surface area (Å²) in [6.45, 7) is 0. The molecule has 4 nitrogen and oxygen atoms in total. The number of rotatable bonds is 4. The third-order valence-corrected chi connectivity index (χ3v) is 4.23. The Balaban J connectivity index is 2.41. The Hall–Kier alpha value is -1.18. The molecule has 0 aliphatic rings. The Morgan fingerprint density at radius 2 is 1.95 bits per heavy atom. The lowest BCUT2D eigenvalue weighted by molar-refractivity contribution is -0.385. The molecule has 2 aromatic carbocycles. The first-order valence-corrected chi connectivity index (χ1v) is 7.70. The molecule has 0 N–H and O–H groups in total. The van der Waals surface area contributed by atoms with Crippen molar-refractivity contribution in [2.24, 2.45) is 0 Å². The van der Waals surface area contributed by atoms with E-state index in [4.69, 9.17) is 16.3 Å². The number of nitro groups is 1. The second-order valence-corrected chi connectivity index (χ2v) is 5.96. The molecule has 8 heteroatoms. The maximum absolute atomic E-state index is 13.5. The van der Waals surface area contributed by atoms with Crippen LogP contribution in [0.25, 0.3) is 0 Å². The summed E-state index contributed by atoms with van der Waals surface area (Å²) in [6.07, 6.45) is 0. The highest BCUT2D eigenvalue weighted by Crippen LogP contribution is 2.36. The van der Waals surface area contributed by atoms with Crippen molar-refractivity contribution < 1.29 is 14.1 Å². The Bertz CT molecular complexity index is 712. The summed E-state index contributed by atoms with van der Waals surface area (Å²) >= 11 is 12.0. The van der Waals surface area contributed by atoms with Crippen molar-refractivity contribution in [2.45, 2.75) is 5.88 Å². The molecule has 21 heavy (non-hydrogen) atoms. The minimum absolute atomic E-state index is 0.000202. The van der Waals surface area contributed by atoms with Crippen LogP contribution in [-0.4, -0.2) is 4.92 Å². The first-order valence-electron chi connectivity index (χ1n) is 5.58. The summed E-state index contributed by atoms with van der Waals surface area (Å²) in [5, 5.41) is 11.0. The second-order valence-electron chi connectivity index (χ2n) is 3.98. The summed E-state index contributed by atoms with van der Waals surface area (Å²) in [4.78, 5) is 10.4. The van der Waals surface area contributed by atoms with Gasteiger partial charge in [0.1, 0.15) is 11.6 Å². The van der Waals surface area contributed by atoms with E-state index in [1.165, 1.54) is 0 Å². The van der Waals surface area contributed by atoms with Crippen molar-refractivity contribution in [1.82, 2.24) is 0 Å². The molecule has 0 fully saturated rings. The van der Waals surface area contributed by atoms with Crippen LogP contribution < -0.4 is 4.74 Å². The van der Waals surface area contributed by atoms with Gasteiger partial charge in [0.05, 0.1) is 9.40 Å². The summed E-state index contributed by atoms with van der Waals surface area (Å²) in [5.74, 6) is -0.174. The van der Waals surface area contributed by atoms with Crippen LogP contribution in [0.2, 0.25) is 0 Å². The first-order chi connectivity index (χ1) is 9.92. The Morgan fingerprint density at radius 1 is 1.24 bits per heavy atom. The summed E-state index contributed by atoms with van der Waals surface area (Å²) in [6, 6.07) is 6.96. The molecule has 0 heterocycles. The number of benzene rings is 2. The highest BCUT2D eigenvalue weighted by atomic mass is 79.9. The van der Waals surface area contributed by atoms with Gasteiger partial charge >= 0.3 is 5.69 Å². The largest absolute Gasteiger partial charge is 0.450 e. The molecule has 0 aliphatic heterocycles. The number of hydrogen-bond donors (Lipinski definition) is 0. The molecule has 0 radical (unpaired) electrons. The monoisotopic (exact) mass is 437 g/mol. The highest BCUT2D eigenvalue weighted by Gasteiger charge is 2.19. The highest BCUT2D eigenvalue weighted by molar-refractivity contribution is 9.10. The molecular weight excluding hydrogens is 432 g/mol. The van der Waals surface area contributed by atoms with Gasteiger partial charge in [-0.2, -0.15) is 0 Å². The molecule has 0 saturated heterocycles. The molecular formula is C13H7Br2ClFNO3. The summed E-state index contributed by atoms with van der Waals surface area (Å²) < 4.78 is 19.7. The lowest BCUT2D eigenvalue weighted by atomic mass is 10.2. The Kier molecular flexibility index (Phi) is 5.18. The summed E-state index contributed by atoms with van der Waals surface area (Å²) in [5.41, 5.74) is 0.515. The number of hydrogen-bond acceptors (Lipinski definition) is 3. The Labute approximate surface area is 141 Å². The quantitative estimate of drug-likeness (QED) is 0.344. The molecule has 0 atom stereocenters. The van der Waals surface area contributed by atoms with E-state index < -0.39 is 10.7 Å². The molecule has 0 unspecified atom stereocenters. The third kappa shape index (κ3) is 3.72. The van der Waals surface area contributed by atoms with Gasteiger partial charge < -0.3 is 4.74 Å². The van der Waals surface area contributed by atoms with Gasteiger partial charge in [-0.05, 0) is 33.6 Å². The topological polar surface area (TPSA) is 52.4 Å². The van der Waals surface area contributed by atoms with E-state index in [0.717, 1.165) is 17.7 Å². The zero-order valence-electron chi connectivity index (χ0n) is 10.3. The number of nitro benzene ring substituents is 1. The van der Waals surface area contributed by atoms with Gasteiger partial charge in [-0.3, -0.25) is 10.1 Å². The van der Waals surface area contributed by atoms with Crippen LogP contribution >= 0.6 is 43.5 Å². The van der Waals surface area contributed by atoms with E-state index >= 15 is 0 Å². The van der Waals surface area contributed by atoms with Crippen molar-refractivity contribution in [3.8, 4) is 11.5 Å². The Morgan fingerprint density at radius 3 is 2.52 bits per heavy atom. The van der Waals surface area contributed by atoms with E-state index in [2.05, 4.69) is 31.9 Å². The maximum atomic E-state index is 13.5. The number of nitrogens with zero attached hydrogens (tertiary/aromatic N) is 1. The maximum Gasteiger partial charge on any atom is 0.312 e. The number of alkyl halides is 1. The molecule has 2 rings (SSSR count). The van der Waals surface area contributed by atoms with Crippen LogP contribution in [0.15, 0.2) is 39.3 Å². The molecule has 0 bridgehead atoms. The van der Waals surface area contributed by atoms with Crippen molar-refractivity contribution in [3.05, 3.63) is 60.8 Å². The molecule has 0 amide bonds. The average Bonchev–Trinajstić information content (AvgIpc) is 2.42. The van der Waals surface area contributed by atoms with Gasteiger partial charge in [-0.1, -0.05) is 22.0 Å². The smallest absolute Gasteiger partial charge is 0.312 e. The van der Waals surface area contributed by atoms with Crippen LogP contribution in [0, 0.1) is 15.9 Å². The summed E-state index contributed by atoms with van der Waals surface area (Å²) in [7, 11) is 0. The van der Waals surface area contributed by atoms with E-state index in [0.29, 0.717) is 16.1 Å². The van der Waals surface area contributed by atoms with Crippen molar-refractivity contribution in [1.29, 1.82) is 0 Å². The molecule has 0 aliphatic carbocycles. The average molecular weight is 439 g/mol. The van der Waals surface area contributed by atoms with Gasteiger partial charge in [0.15, 0.2) is 0 Å². The van der Waals surface area contributed by atoms with Crippen molar-refractivity contribution >= 4 is 49.1 Å². The van der Waals surface area contributed by atoms with Crippen LogP contribution in [0.1, 0.15) is 5.56 Å². The predicted molar refractivity (Wildman–Crippen MR) is 84.5 cm³/mol. The van der Waals surface area contributed by atoms with Gasteiger partial charge in [0.25, 0.3) is 0 Å². The predicted octanol–water partition coefficient (Wildman–Crippen LogP) is 5.79. The molecule has 2 aromatic rings. The molecule has 0 spiro atoms. The van der Waals surface area contributed by atoms with E-state index in [1.54, 1.807) is 18.2 Å². The van der Waals surface area contributed by atoms with Crippen molar-refractivity contribution in [3.63, 3.8) is 0 Å². The molecule has 110 valence electrons. The SMILES string of the molecule is O=[N+]([O-])c1cc(Br)c(F)cc1Oc1ccc(CCl)c(Br)c1. The van der Waals surface area contributed by atoms with E-state index in [-0.39, 0.29) is 15.9 Å². The lowest BCUT2D eigenvalue weighted by Crippen LogP contribution is -1.95. The van der Waals surface area contributed by atoms with E-state index in [9.17, 15) is 14.5 Å². The minimum Gasteiger partial charge on any atom is -0.450 e. The van der Waals surface area contributed by atoms with Gasteiger partial charge in [-0.15, -0.1) is 11.6 Å². The number of ether oxygens (including phenoxy) is 1. The fraction of sp³-hybridized carbons (Fsp3) is 0.0769. The number of halogens is 4. The fourth-order valence-electron chi connectivity index (χ4n) is 1.57. The molecule has 0 aromatic heterocycles. The second kappa shape index (κ2) is 6.72. The first kappa shape index (κ1) is 16.2.